The molecule has 4 nitrogen and oxygen atoms in total. The minimum atomic E-state index is -4.19. The molecule has 1 rings (SSSR count). The van der Waals surface area contributed by atoms with Crippen molar-refractivity contribution < 1.29 is 30.9 Å². The fourth-order valence-corrected chi connectivity index (χ4v) is 2.78. The summed E-state index contributed by atoms with van der Waals surface area (Å²) in [6.07, 6.45) is 6.28. The molecule has 0 aliphatic heterocycles. The van der Waals surface area contributed by atoms with Gasteiger partial charge in [0.2, 0.25) is 0 Å². The van der Waals surface area contributed by atoms with Crippen LogP contribution in [-0.4, -0.2) is 32.4 Å². The third-order valence-corrected chi connectivity index (χ3v) is 4.03. The van der Waals surface area contributed by atoms with Gasteiger partial charge in [0.15, 0.2) is 0 Å². The first-order valence-electron chi connectivity index (χ1n) is 7.12. The highest BCUT2D eigenvalue weighted by atomic mass is 32.2. The Balaban J connectivity index is 0.00000118. The van der Waals surface area contributed by atoms with Crippen LogP contribution in [0.1, 0.15) is 25.8 Å². The molecule has 136 valence electrons. The van der Waals surface area contributed by atoms with Gasteiger partial charge in [0, 0.05) is 0 Å². The van der Waals surface area contributed by atoms with E-state index in [0.717, 1.165) is 0 Å². The summed E-state index contributed by atoms with van der Waals surface area (Å²) in [6.45, 7) is 0.620. The fraction of sp³-hybridized carbons (Fsp3) is 0.500. The van der Waals surface area contributed by atoms with E-state index < -0.39 is 16.8 Å². The molecule has 1 atom stereocenters. The molecule has 0 radical (unpaired) electrons. The fourth-order valence-electron chi connectivity index (χ4n) is 2.02. The first kappa shape index (κ1) is 22.4. The highest BCUT2D eigenvalue weighted by Crippen LogP contribution is 2.20. The molecular weight excluding hydrogens is 345 g/mol. The van der Waals surface area contributed by atoms with E-state index in [9.17, 15) is 26.1 Å². The van der Waals surface area contributed by atoms with Gasteiger partial charge in [-0.3, -0.25) is 4.55 Å². The zero-order chi connectivity index (χ0) is 18.8. The first-order chi connectivity index (χ1) is 11.1. The lowest BCUT2D eigenvalue weighted by molar-refractivity contribution is 0.00819. The molecule has 0 aliphatic rings. The zero-order valence-corrected chi connectivity index (χ0v) is 14.3. The lowest BCUT2D eigenvalue weighted by Gasteiger charge is -2.20. The van der Waals surface area contributed by atoms with Gasteiger partial charge < -0.3 is 4.74 Å². The Morgan fingerprint density at radius 2 is 1.79 bits per heavy atom. The van der Waals surface area contributed by atoms with Gasteiger partial charge in [-0.25, -0.2) is 0 Å². The molecule has 0 saturated heterocycles. The molecule has 0 spiro atoms. The average molecular weight is 366 g/mol. The smallest absolute Gasteiger partial charge is 0.365 e. The van der Waals surface area contributed by atoms with Crippen molar-refractivity contribution in [2.45, 2.75) is 44.4 Å². The van der Waals surface area contributed by atoms with E-state index in [1.165, 1.54) is 6.07 Å². The number of benzene rings is 1. The number of alkyl halides is 3. The second kappa shape index (κ2) is 11.1. The van der Waals surface area contributed by atoms with Crippen LogP contribution in [0, 0.1) is 18.3 Å². The average Bonchev–Trinajstić information content (AvgIpc) is 2.45. The Morgan fingerprint density at radius 3 is 2.25 bits per heavy atom. The summed E-state index contributed by atoms with van der Waals surface area (Å²) < 4.78 is 66.4. The summed E-state index contributed by atoms with van der Waals surface area (Å²) in [4.78, 5) is -0.0422. The van der Waals surface area contributed by atoms with Gasteiger partial charge in [-0.15, -0.1) is 6.42 Å². The molecular formula is C16H21F3O4S. The third kappa shape index (κ3) is 9.55. The Kier molecular flexibility index (Phi) is 10.4. The minimum Gasteiger partial charge on any atom is -0.365 e. The van der Waals surface area contributed by atoms with Crippen molar-refractivity contribution >= 4 is 10.1 Å². The lowest BCUT2D eigenvalue weighted by Crippen LogP contribution is -2.21. The van der Waals surface area contributed by atoms with Gasteiger partial charge >= 0.3 is 6.68 Å². The van der Waals surface area contributed by atoms with E-state index >= 15 is 0 Å². The van der Waals surface area contributed by atoms with Gasteiger partial charge in [-0.2, -0.15) is 21.6 Å². The maximum Gasteiger partial charge on any atom is 0.379 e. The maximum absolute atomic E-state index is 11.3. The Hall–Kier alpha value is -1.56. The summed E-state index contributed by atoms with van der Waals surface area (Å²) in [6, 6.07) is 6.43. The highest BCUT2D eigenvalue weighted by molar-refractivity contribution is 7.85. The Labute approximate surface area is 140 Å². The summed E-state index contributed by atoms with van der Waals surface area (Å²) in [5.74, 6) is 2.71. The van der Waals surface area contributed by atoms with Crippen LogP contribution in [0.15, 0.2) is 29.2 Å². The second-order valence-corrected chi connectivity index (χ2v) is 6.56. The number of ether oxygens (including phenoxy) is 1. The predicted octanol–water partition coefficient (Wildman–Crippen LogP) is 3.72. The van der Waals surface area contributed by atoms with Crippen LogP contribution in [0.25, 0.3) is 0 Å². The molecule has 0 heterocycles. The Morgan fingerprint density at radius 1 is 1.25 bits per heavy atom. The zero-order valence-electron chi connectivity index (χ0n) is 13.5. The van der Waals surface area contributed by atoms with Crippen LogP contribution in [0.5, 0.6) is 0 Å². The van der Waals surface area contributed by atoms with Crippen molar-refractivity contribution in [1.29, 1.82) is 0 Å². The van der Waals surface area contributed by atoms with Crippen LogP contribution < -0.4 is 0 Å². The largest absolute Gasteiger partial charge is 0.379 e. The predicted molar refractivity (Wildman–Crippen MR) is 85.1 cm³/mol. The van der Waals surface area contributed by atoms with E-state index in [0.29, 0.717) is 18.4 Å². The third-order valence-electron chi connectivity index (χ3n) is 3.07. The Bertz CT molecular complexity index is 622. The SMILES string of the molecule is C#CCOC(CCc1ccccc1S(=O)(=O)O)C(C)C.FC(F)F. The van der Waals surface area contributed by atoms with E-state index in [-0.39, 0.29) is 23.5 Å². The van der Waals surface area contributed by atoms with Crippen LogP contribution in [0.2, 0.25) is 0 Å². The standard InChI is InChI=1S/C15H20O4S.CHF3/c1-4-11-19-14(12(2)3)10-9-13-7-5-6-8-15(13)20(16,17)18;2-1(3)4/h1,5-8,12,14H,9-11H2,2-3H3,(H,16,17,18);1H. The summed E-state index contributed by atoms with van der Waals surface area (Å²) in [7, 11) is -4.19. The molecule has 0 aliphatic carbocycles. The minimum absolute atomic E-state index is 0.0412. The second-order valence-electron chi connectivity index (χ2n) is 5.17. The van der Waals surface area contributed by atoms with Gasteiger partial charge in [0.05, 0.1) is 11.0 Å². The van der Waals surface area contributed by atoms with Crippen LogP contribution in [-0.2, 0) is 21.3 Å². The van der Waals surface area contributed by atoms with Crippen LogP contribution in [0.3, 0.4) is 0 Å². The summed E-state index contributed by atoms with van der Waals surface area (Å²) >= 11 is 0. The highest BCUT2D eigenvalue weighted by Gasteiger charge is 2.18. The molecule has 1 N–H and O–H groups in total. The quantitative estimate of drug-likeness (QED) is 0.590. The number of terminal acetylenes is 1. The summed E-state index contributed by atoms with van der Waals surface area (Å²) in [5.41, 5.74) is 0.588. The van der Waals surface area contributed by atoms with Gasteiger partial charge in [0.25, 0.3) is 10.1 Å². The molecule has 24 heavy (non-hydrogen) atoms. The maximum atomic E-state index is 11.3. The lowest BCUT2D eigenvalue weighted by atomic mass is 9.99. The topological polar surface area (TPSA) is 63.6 Å². The molecule has 0 fully saturated rings. The van der Waals surface area contributed by atoms with Gasteiger partial charge in [-0.1, -0.05) is 38.0 Å². The first-order valence-corrected chi connectivity index (χ1v) is 8.56. The monoisotopic (exact) mass is 366 g/mol. The number of hydrogen-bond acceptors (Lipinski definition) is 3. The van der Waals surface area contributed by atoms with E-state index in [4.69, 9.17) is 11.2 Å². The number of aryl methyl sites for hydroxylation is 1. The van der Waals surface area contributed by atoms with E-state index in [1.807, 2.05) is 13.8 Å². The number of rotatable bonds is 7. The van der Waals surface area contributed by atoms with Crippen molar-refractivity contribution in [2.75, 3.05) is 6.61 Å². The van der Waals surface area contributed by atoms with Crippen LogP contribution in [0.4, 0.5) is 13.2 Å². The van der Waals surface area contributed by atoms with Crippen molar-refractivity contribution in [3.8, 4) is 12.3 Å². The molecule has 0 amide bonds. The van der Waals surface area contributed by atoms with E-state index in [2.05, 4.69) is 5.92 Å². The van der Waals surface area contributed by atoms with E-state index in [1.54, 1.807) is 18.2 Å². The summed E-state index contributed by atoms with van der Waals surface area (Å²) in [5, 5.41) is 0. The van der Waals surface area contributed by atoms with Gasteiger partial charge in [0.1, 0.15) is 6.61 Å². The molecule has 8 heteroatoms. The van der Waals surface area contributed by atoms with Crippen molar-refractivity contribution in [2.24, 2.45) is 5.92 Å². The molecule has 0 saturated carbocycles. The number of halogens is 3. The van der Waals surface area contributed by atoms with Crippen molar-refractivity contribution in [3.05, 3.63) is 29.8 Å². The molecule has 1 unspecified atom stereocenters. The van der Waals surface area contributed by atoms with Crippen molar-refractivity contribution in [1.82, 2.24) is 0 Å². The molecule has 0 aromatic heterocycles. The molecule has 0 bridgehead atoms. The van der Waals surface area contributed by atoms with Crippen LogP contribution >= 0.6 is 0 Å². The number of hydrogen-bond donors (Lipinski definition) is 1. The molecule has 1 aromatic carbocycles. The van der Waals surface area contributed by atoms with Gasteiger partial charge in [-0.05, 0) is 30.4 Å². The molecule has 1 aromatic rings. The normalized spacial score (nSPS) is 12.5. The van der Waals surface area contributed by atoms with Crippen molar-refractivity contribution in [3.63, 3.8) is 0 Å².